The third kappa shape index (κ3) is 3.91. The number of aromatic nitrogens is 2. The molecule has 130 valence electrons. The second-order valence-corrected chi connectivity index (χ2v) is 6.03. The van der Waals surface area contributed by atoms with Crippen molar-refractivity contribution in [3.05, 3.63) is 58.8 Å². The second-order valence-electron chi connectivity index (χ2n) is 5.62. The highest BCUT2D eigenvalue weighted by Gasteiger charge is 2.21. The van der Waals surface area contributed by atoms with E-state index < -0.39 is 0 Å². The van der Waals surface area contributed by atoms with E-state index in [1.807, 2.05) is 19.1 Å². The summed E-state index contributed by atoms with van der Waals surface area (Å²) in [5, 5.41) is 8.60. The van der Waals surface area contributed by atoms with Crippen LogP contribution in [0.25, 0.3) is 11.5 Å². The van der Waals surface area contributed by atoms with Gasteiger partial charge in [-0.05, 0) is 37.6 Å². The molecule has 0 atom stereocenters. The molecule has 2 aromatic heterocycles. The Bertz CT molecular complexity index is 872. The van der Waals surface area contributed by atoms with Gasteiger partial charge in [0.2, 0.25) is 11.8 Å². The minimum atomic E-state index is -0.201. The van der Waals surface area contributed by atoms with Gasteiger partial charge in [-0.15, -0.1) is 10.2 Å². The Kier molecular flexibility index (Phi) is 5.19. The summed E-state index contributed by atoms with van der Waals surface area (Å²) in [5.74, 6) is 1.47. The minimum Gasteiger partial charge on any atom is -0.456 e. The molecule has 3 rings (SSSR count). The molecule has 0 bridgehead atoms. The molecule has 0 spiro atoms. The van der Waals surface area contributed by atoms with Crippen LogP contribution >= 0.6 is 11.6 Å². The molecule has 0 radical (unpaired) electrons. The van der Waals surface area contributed by atoms with Crippen molar-refractivity contribution < 1.29 is 13.6 Å². The fourth-order valence-corrected chi connectivity index (χ4v) is 2.67. The number of rotatable bonds is 6. The van der Waals surface area contributed by atoms with Gasteiger partial charge in [0.15, 0.2) is 5.76 Å². The van der Waals surface area contributed by atoms with E-state index in [0.29, 0.717) is 40.4 Å². The van der Waals surface area contributed by atoms with Crippen molar-refractivity contribution in [2.45, 2.75) is 26.8 Å². The first-order chi connectivity index (χ1) is 12.1. The smallest absolute Gasteiger partial charge is 0.290 e. The van der Waals surface area contributed by atoms with Crippen molar-refractivity contribution >= 4 is 17.5 Å². The minimum absolute atomic E-state index is 0.201. The van der Waals surface area contributed by atoms with E-state index in [2.05, 4.69) is 10.2 Å². The molecule has 7 heteroatoms. The number of carbonyl (C=O) groups is 1. The fourth-order valence-electron chi connectivity index (χ4n) is 2.45. The van der Waals surface area contributed by atoms with Crippen LogP contribution in [0, 0.1) is 6.92 Å². The van der Waals surface area contributed by atoms with Gasteiger partial charge in [0.25, 0.3) is 5.91 Å². The van der Waals surface area contributed by atoms with Gasteiger partial charge in [-0.3, -0.25) is 4.79 Å². The molecule has 25 heavy (non-hydrogen) atoms. The summed E-state index contributed by atoms with van der Waals surface area (Å²) >= 11 is 6.15. The molecule has 0 aliphatic carbocycles. The molecule has 0 saturated heterocycles. The number of amides is 1. The molecule has 2 heterocycles. The first-order valence-corrected chi connectivity index (χ1v) is 8.39. The summed E-state index contributed by atoms with van der Waals surface area (Å²) < 4.78 is 11.1. The average Bonchev–Trinajstić information content (AvgIpc) is 3.23. The molecule has 0 fully saturated rings. The van der Waals surface area contributed by atoms with Gasteiger partial charge in [-0.25, -0.2) is 0 Å². The van der Waals surface area contributed by atoms with Crippen LogP contribution < -0.4 is 0 Å². The zero-order chi connectivity index (χ0) is 17.8. The predicted molar refractivity (Wildman–Crippen MR) is 93.2 cm³/mol. The highest BCUT2D eigenvalue weighted by molar-refractivity contribution is 6.33. The summed E-state index contributed by atoms with van der Waals surface area (Å²) in [7, 11) is 0. The van der Waals surface area contributed by atoms with Crippen LogP contribution in [0.4, 0.5) is 0 Å². The van der Waals surface area contributed by atoms with E-state index in [-0.39, 0.29) is 12.5 Å². The predicted octanol–water partition coefficient (Wildman–Crippen LogP) is 4.34. The Hall–Kier alpha value is -2.60. The third-order valence-corrected chi connectivity index (χ3v) is 3.96. The number of furan rings is 1. The SMILES string of the molecule is CCCN(Cc1nnc(-c2ccccc2Cl)o1)C(=O)c1ccc(C)o1. The molecular formula is C18H18ClN3O3. The first-order valence-electron chi connectivity index (χ1n) is 8.01. The van der Waals surface area contributed by atoms with E-state index in [4.69, 9.17) is 20.4 Å². The van der Waals surface area contributed by atoms with Gasteiger partial charge in [0.1, 0.15) is 5.76 Å². The number of nitrogens with zero attached hydrogens (tertiary/aromatic N) is 3. The maximum atomic E-state index is 12.6. The molecule has 6 nitrogen and oxygen atoms in total. The van der Waals surface area contributed by atoms with Gasteiger partial charge in [-0.2, -0.15) is 0 Å². The standard InChI is InChI=1S/C18H18ClN3O3/c1-3-10-22(18(23)15-9-8-12(2)24-15)11-16-20-21-17(25-16)13-6-4-5-7-14(13)19/h4-9H,3,10-11H2,1-2H3. The molecule has 3 aromatic rings. The number of carbonyl (C=O) groups excluding carboxylic acids is 1. The molecule has 1 amide bonds. The second kappa shape index (κ2) is 7.53. The van der Waals surface area contributed by atoms with Crippen LogP contribution in [0.5, 0.6) is 0 Å². The third-order valence-electron chi connectivity index (χ3n) is 3.63. The lowest BCUT2D eigenvalue weighted by Crippen LogP contribution is -2.31. The zero-order valence-corrected chi connectivity index (χ0v) is 14.8. The van der Waals surface area contributed by atoms with E-state index in [0.717, 1.165) is 6.42 Å². The van der Waals surface area contributed by atoms with Gasteiger partial charge in [-0.1, -0.05) is 30.7 Å². The molecule has 0 aliphatic heterocycles. The van der Waals surface area contributed by atoms with Crippen molar-refractivity contribution in [1.29, 1.82) is 0 Å². The van der Waals surface area contributed by atoms with Crippen LogP contribution in [0.15, 0.2) is 45.2 Å². The molecular weight excluding hydrogens is 342 g/mol. The summed E-state index contributed by atoms with van der Waals surface area (Å²) in [6.45, 7) is 4.57. The molecule has 0 aliphatic rings. The van der Waals surface area contributed by atoms with Crippen LogP contribution in [0.2, 0.25) is 5.02 Å². The summed E-state index contributed by atoms with van der Waals surface area (Å²) in [6.07, 6.45) is 0.803. The van der Waals surface area contributed by atoms with Gasteiger partial charge in [0.05, 0.1) is 17.1 Å². The number of benzene rings is 1. The molecule has 1 aromatic carbocycles. The number of halogens is 1. The monoisotopic (exact) mass is 359 g/mol. The maximum Gasteiger partial charge on any atom is 0.290 e. The normalized spacial score (nSPS) is 10.8. The topological polar surface area (TPSA) is 72.4 Å². The zero-order valence-electron chi connectivity index (χ0n) is 14.0. The van der Waals surface area contributed by atoms with Crippen LogP contribution in [0.1, 0.15) is 35.6 Å². The molecule has 0 N–H and O–H groups in total. The molecule has 0 unspecified atom stereocenters. The number of hydrogen-bond donors (Lipinski definition) is 0. The van der Waals surface area contributed by atoms with Crippen LogP contribution in [0.3, 0.4) is 0 Å². The van der Waals surface area contributed by atoms with Gasteiger partial charge in [0, 0.05) is 6.54 Å². The largest absolute Gasteiger partial charge is 0.456 e. The first kappa shape index (κ1) is 17.2. The lowest BCUT2D eigenvalue weighted by molar-refractivity contribution is 0.0695. The Balaban J connectivity index is 1.79. The lowest BCUT2D eigenvalue weighted by atomic mass is 10.2. The van der Waals surface area contributed by atoms with Gasteiger partial charge < -0.3 is 13.7 Å². The Morgan fingerprint density at radius 2 is 1.96 bits per heavy atom. The summed E-state index contributed by atoms with van der Waals surface area (Å²) in [4.78, 5) is 14.2. The Morgan fingerprint density at radius 1 is 1.16 bits per heavy atom. The van der Waals surface area contributed by atoms with E-state index in [1.54, 1.807) is 36.1 Å². The highest BCUT2D eigenvalue weighted by atomic mass is 35.5. The van der Waals surface area contributed by atoms with Crippen molar-refractivity contribution in [3.8, 4) is 11.5 Å². The quantitative estimate of drug-likeness (QED) is 0.654. The van der Waals surface area contributed by atoms with Crippen LogP contribution in [-0.4, -0.2) is 27.5 Å². The molecule has 0 saturated carbocycles. The summed E-state index contributed by atoms with van der Waals surface area (Å²) in [6, 6.07) is 10.7. The maximum absolute atomic E-state index is 12.6. The van der Waals surface area contributed by atoms with E-state index in [9.17, 15) is 4.79 Å². The lowest BCUT2D eigenvalue weighted by Gasteiger charge is -2.18. The Labute approximate surface area is 150 Å². The summed E-state index contributed by atoms with van der Waals surface area (Å²) in [5.41, 5.74) is 0.665. The fraction of sp³-hybridized carbons (Fsp3) is 0.278. The number of aryl methyl sites for hydroxylation is 1. The van der Waals surface area contributed by atoms with E-state index in [1.165, 1.54) is 0 Å². The van der Waals surface area contributed by atoms with E-state index >= 15 is 0 Å². The van der Waals surface area contributed by atoms with Crippen molar-refractivity contribution in [3.63, 3.8) is 0 Å². The van der Waals surface area contributed by atoms with Crippen molar-refractivity contribution in [2.75, 3.05) is 6.54 Å². The van der Waals surface area contributed by atoms with Gasteiger partial charge >= 0.3 is 0 Å². The average molecular weight is 360 g/mol. The van der Waals surface area contributed by atoms with Crippen molar-refractivity contribution in [1.82, 2.24) is 15.1 Å². The van der Waals surface area contributed by atoms with Crippen LogP contribution in [-0.2, 0) is 6.54 Å². The van der Waals surface area contributed by atoms with Crippen molar-refractivity contribution in [2.24, 2.45) is 0 Å². The Morgan fingerprint density at radius 3 is 2.64 bits per heavy atom. The highest BCUT2D eigenvalue weighted by Crippen LogP contribution is 2.26. The number of hydrogen-bond acceptors (Lipinski definition) is 5.